The van der Waals surface area contributed by atoms with E-state index in [-0.39, 0.29) is 23.1 Å². The second kappa shape index (κ2) is 5.96. The molecule has 0 atom stereocenters. The van der Waals surface area contributed by atoms with Crippen molar-refractivity contribution in [2.45, 2.75) is 62.7 Å². The zero-order valence-corrected chi connectivity index (χ0v) is 13.6. The molecule has 2 fully saturated rings. The molecule has 0 unspecified atom stereocenters. The first-order chi connectivity index (χ1) is 9.51. The van der Waals surface area contributed by atoms with Gasteiger partial charge < -0.3 is 10.2 Å². The molecule has 0 aromatic carbocycles. The third-order valence-electron chi connectivity index (χ3n) is 5.04. The molecule has 1 N–H and O–H groups in total. The van der Waals surface area contributed by atoms with E-state index in [1.165, 1.54) is 12.8 Å². The van der Waals surface area contributed by atoms with E-state index >= 15 is 0 Å². The molecule has 1 aliphatic carbocycles. The lowest BCUT2D eigenvalue weighted by molar-refractivity contribution is -0.150. The average Bonchev–Trinajstić information content (AvgIpc) is 2.92. The van der Waals surface area contributed by atoms with E-state index in [1.807, 2.05) is 30.5 Å². The van der Waals surface area contributed by atoms with Crippen molar-refractivity contribution >= 4 is 23.6 Å². The molecule has 1 heterocycles. The van der Waals surface area contributed by atoms with Crippen LogP contribution >= 0.6 is 11.8 Å². The number of carbonyl (C=O) groups is 2. The Hall–Kier alpha value is -0.710. The van der Waals surface area contributed by atoms with Crippen molar-refractivity contribution < 1.29 is 9.59 Å². The summed E-state index contributed by atoms with van der Waals surface area (Å²) in [5.74, 6) is 0.102. The van der Waals surface area contributed by atoms with Crippen LogP contribution in [0.3, 0.4) is 0 Å². The summed E-state index contributed by atoms with van der Waals surface area (Å²) in [6.07, 6.45) is 8.25. The van der Waals surface area contributed by atoms with Crippen molar-refractivity contribution in [1.29, 1.82) is 0 Å². The van der Waals surface area contributed by atoms with E-state index in [0.717, 1.165) is 19.4 Å². The molecule has 2 rings (SSSR count). The van der Waals surface area contributed by atoms with Gasteiger partial charge in [0.2, 0.25) is 11.8 Å². The first kappa shape index (κ1) is 15.7. The molecule has 4 nitrogen and oxygen atoms in total. The van der Waals surface area contributed by atoms with Crippen molar-refractivity contribution in [1.82, 2.24) is 10.2 Å². The van der Waals surface area contributed by atoms with E-state index in [2.05, 4.69) is 11.6 Å². The second-order valence-electron chi connectivity index (χ2n) is 6.09. The van der Waals surface area contributed by atoms with Crippen LogP contribution in [0.4, 0.5) is 0 Å². The molecule has 0 aromatic heterocycles. The van der Waals surface area contributed by atoms with Crippen LogP contribution in [0.5, 0.6) is 0 Å². The minimum absolute atomic E-state index is 0.0115. The van der Waals surface area contributed by atoms with Gasteiger partial charge in [0.25, 0.3) is 0 Å². The highest BCUT2D eigenvalue weighted by Gasteiger charge is 2.46. The summed E-state index contributed by atoms with van der Waals surface area (Å²) < 4.78 is 0.167. The van der Waals surface area contributed by atoms with Crippen LogP contribution in [0.25, 0.3) is 0 Å². The normalized spacial score (nSPS) is 24.9. The standard InChI is InChI=1S/C15H26N2O2S/c1-4-15(5-2)13(19)17(10-12(18)16-15)11-14(20-3)8-6-7-9-14/h4-11H2,1-3H3,(H,16,18). The van der Waals surface area contributed by atoms with E-state index in [1.54, 1.807) is 0 Å². The number of hydrogen-bond donors (Lipinski definition) is 1. The monoisotopic (exact) mass is 298 g/mol. The van der Waals surface area contributed by atoms with Crippen LogP contribution in [0.1, 0.15) is 52.4 Å². The molecule has 5 heteroatoms. The predicted octanol–water partition coefficient (Wildman–Crippen LogP) is 2.18. The largest absolute Gasteiger partial charge is 0.340 e. The number of amides is 2. The number of nitrogens with zero attached hydrogens (tertiary/aromatic N) is 1. The molecule has 1 aliphatic heterocycles. The van der Waals surface area contributed by atoms with E-state index in [4.69, 9.17) is 0 Å². The summed E-state index contributed by atoms with van der Waals surface area (Å²) in [4.78, 5) is 26.6. The van der Waals surface area contributed by atoms with Crippen molar-refractivity contribution in [3.63, 3.8) is 0 Å². The van der Waals surface area contributed by atoms with Crippen molar-refractivity contribution in [3.05, 3.63) is 0 Å². The SMILES string of the molecule is CCC1(CC)NC(=O)CN(CC2(SC)CCCC2)C1=O. The van der Waals surface area contributed by atoms with Crippen LogP contribution in [0, 0.1) is 0 Å². The molecule has 2 aliphatic rings. The van der Waals surface area contributed by atoms with Crippen molar-refractivity contribution in [2.24, 2.45) is 0 Å². The Balaban J connectivity index is 2.18. The molecule has 0 aromatic rings. The van der Waals surface area contributed by atoms with Crippen LogP contribution in [-0.2, 0) is 9.59 Å². The molecule has 20 heavy (non-hydrogen) atoms. The third kappa shape index (κ3) is 2.69. The summed E-state index contributed by atoms with van der Waals surface area (Å²) in [6, 6.07) is 0. The number of carbonyl (C=O) groups excluding carboxylic acids is 2. The van der Waals surface area contributed by atoms with Gasteiger partial charge in [-0.2, -0.15) is 11.8 Å². The number of hydrogen-bond acceptors (Lipinski definition) is 3. The highest BCUT2D eigenvalue weighted by atomic mass is 32.2. The Kier molecular flexibility index (Phi) is 4.67. The first-order valence-corrected chi connectivity index (χ1v) is 8.89. The maximum absolute atomic E-state index is 12.8. The van der Waals surface area contributed by atoms with Gasteiger partial charge >= 0.3 is 0 Å². The molecule has 0 radical (unpaired) electrons. The van der Waals surface area contributed by atoms with E-state index < -0.39 is 5.54 Å². The fourth-order valence-corrected chi connectivity index (χ4v) is 4.54. The third-order valence-corrected chi connectivity index (χ3v) is 6.45. The van der Waals surface area contributed by atoms with Gasteiger partial charge in [0, 0.05) is 11.3 Å². The lowest BCUT2D eigenvalue weighted by Crippen LogP contribution is -2.67. The zero-order chi connectivity index (χ0) is 14.8. The highest BCUT2D eigenvalue weighted by molar-refractivity contribution is 8.00. The number of piperazine rings is 1. The Morgan fingerprint density at radius 3 is 2.30 bits per heavy atom. The van der Waals surface area contributed by atoms with Crippen LogP contribution in [-0.4, -0.2) is 46.3 Å². The van der Waals surface area contributed by atoms with Gasteiger partial charge in [-0.3, -0.25) is 9.59 Å². The fourth-order valence-electron chi connectivity index (χ4n) is 3.56. The zero-order valence-electron chi connectivity index (χ0n) is 12.8. The topological polar surface area (TPSA) is 49.4 Å². The van der Waals surface area contributed by atoms with Crippen LogP contribution in [0.15, 0.2) is 0 Å². The number of rotatable bonds is 5. The average molecular weight is 298 g/mol. The Bertz CT molecular complexity index is 387. The van der Waals surface area contributed by atoms with E-state index in [9.17, 15) is 9.59 Å². The summed E-state index contributed by atoms with van der Waals surface area (Å²) in [7, 11) is 0. The molecular weight excluding hydrogens is 272 g/mol. The molecular formula is C15H26N2O2S. The van der Waals surface area contributed by atoms with Crippen LogP contribution < -0.4 is 5.32 Å². The molecule has 1 saturated heterocycles. The minimum Gasteiger partial charge on any atom is -0.340 e. The lowest BCUT2D eigenvalue weighted by atomic mass is 9.88. The summed E-state index contributed by atoms with van der Waals surface area (Å²) in [5.41, 5.74) is -0.673. The summed E-state index contributed by atoms with van der Waals surface area (Å²) >= 11 is 1.87. The molecule has 114 valence electrons. The van der Waals surface area contributed by atoms with Gasteiger partial charge in [-0.15, -0.1) is 0 Å². The van der Waals surface area contributed by atoms with Gasteiger partial charge in [-0.25, -0.2) is 0 Å². The molecule has 0 spiro atoms. The van der Waals surface area contributed by atoms with Gasteiger partial charge in [0.05, 0.1) is 6.54 Å². The molecule has 0 bridgehead atoms. The fraction of sp³-hybridized carbons (Fsp3) is 0.867. The van der Waals surface area contributed by atoms with Gasteiger partial charge in [0.1, 0.15) is 5.54 Å². The lowest BCUT2D eigenvalue weighted by Gasteiger charge is -2.44. The maximum atomic E-state index is 12.8. The highest BCUT2D eigenvalue weighted by Crippen LogP contribution is 2.41. The number of thioether (sulfide) groups is 1. The Morgan fingerprint density at radius 1 is 1.20 bits per heavy atom. The second-order valence-corrected chi connectivity index (χ2v) is 7.37. The minimum atomic E-state index is -0.673. The molecule has 1 saturated carbocycles. The predicted molar refractivity (Wildman–Crippen MR) is 82.7 cm³/mol. The van der Waals surface area contributed by atoms with Gasteiger partial charge in [0.15, 0.2) is 0 Å². The quantitative estimate of drug-likeness (QED) is 0.846. The van der Waals surface area contributed by atoms with Crippen LogP contribution in [0.2, 0.25) is 0 Å². The van der Waals surface area contributed by atoms with Crippen molar-refractivity contribution in [2.75, 3.05) is 19.3 Å². The summed E-state index contributed by atoms with van der Waals surface area (Å²) in [6.45, 7) is 4.90. The van der Waals surface area contributed by atoms with Gasteiger partial charge in [-0.05, 0) is 31.9 Å². The molecule has 2 amide bonds. The maximum Gasteiger partial charge on any atom is 0.248 e. The Labute approximate surface area is 126 Å². The summed E-state index contributed by atoms with van der Waals surface area (Å²) in [5, 5.41) is 2.93. The number of nitrogens with one attached hydrogen (secondary N) is 1. The first-order valence-electron chi connectivity index (χ1n) is 7.66. The van der Waals surface area contributed by atoms with E-state index in [0.29, 0.717) is 12.8 Å². The smallest absolute Gasteiger partial charge is 0.248 e. The van der Waals surface area contributed by atoms with Gasteiger partial charge in [-0.1, -0.05) is 26.7 Å². The van der Waals surface area contributed by atoms with Crippen molar-refractivity contribution in [3.8, 4) is 0 Å². The Morgan fingerprint density at radius 2 is 1.80 bits per heavy atom.